The number of nitrogens with two attached hydrogens (primary N) is 1. The Labute approximate surface area is 59.5 Å². The van der Waals surface area contributed by atoms with Gasteiger partial charge in [0.1, 0.15) is 6.10 Å². The molecule has 1 aliphatic rings. The molecular formula is C7H9NO2. The summed E-state index contributed by atoms with van der Waals surface area (Å²) in [6, 6.07) is -0.205. The quantitative estimate of drug-likeness (QED) is 0.386. The predicted octanol–water partition coefficient (Wildman–Crippen LogP) is -0.695. The molecule has 0 radical (unpaired) electrons. The van der Waals surface area contributed by atoms with Crippen molar-refractivity contribution in [2.75, 3.05) is 6.61 Å². The first kappa shape index (κ1) is 7.26. The number of terminal acetylenes is 1. The fourth-order valence-electron chi connectivity index (χ4n) is 0.958. The average molecular weight is 139 g/mol. The lowest BCUT2D eigenvalue weighted by molar-refractivity contribution is -0.122. The number of ketones is 1. The van der Waals surface area contributed by atoms with E-state index in [1.807, 2.05) is 5.92 Å². The van der Waals surface area contributed by atoms with Crippen molar-refractivity contribution in [3.05, 3.63) is 0 Å². The molecule has 10 heavy (non-hydrogen) atoms. The molecule has 0 aromatic heterocycles. The Morgan fingerprint density at radius 3 is 2.90 bits per heavy atom. The van der Waals surface area contributed by atoms with Gasteiger partial charge in [0, 0.05) is 12.6 Å². The molecule has 0 amide bonds. The Balaban J connectivity index is 2.57. The Morgan fingerprint density at radius 1 is 1.80 bits per heavy atom. The minimum absolute atomic E-state index is 0.205. The molecule has 54 valence electrons. The highest BCUT2D eigenvalue weighted by Gasteiger charge is 2.29. The molecule has 1 fully saturated rings. The van der Waals surface area contributed by atoms with Crippen LogP contribution >= 0.6 is 0 Å². The zero-order chi connectivity index (χ0) is 7.56. The number of hydrogen-bond acceptors (Lipinski definition) is 3. The van der Waals surface area contributed by atoms with Gasteiger partial charge < -0.3 is 10.5 Å². The van der Waals surface area contributed by atoms with Crippen LogP contribution in [0.15, 0.2) is 0 Å². The molecule has 0 saturated carbocycles. The van der Waals surface area contributed by atoms with Crippen molar-refractivity contribution in [3.63, 3.8) is 0 Å². The van der Waals surface area contributed by atoms with Gasteiger partial charge in [0.05, 0.1) is 0 Å². The van der Waals surface area contributed by atoms with Crippen LogP contribution in [0.1, 0.15) is 6.42 Å². The number of rotatable bonds is 1. The third kappa shape index (κ3) is 1.18. The van der Waals surface area contributed by atoms with Crippen LogP contribution in [-0.2, 0) is 9.53 Å². The van der Waals surface area contributed by atoms with Crippen LogP contribution in [0.25, 0.3) is 0 Å². The van der Waals surface area contributed by atoms with E-state index in [1.54, 1.807) is 0 Å². The first-order valence-corrected chi connectivity index (χ1v) is 3.13. The topological polar surface area (TPSA) is 52.3 Å². The van der Waals surface area contributed by atoms with Crippen LogP contribution < -0.4 is 5.73 Å². The molecule has 2 atom stereocenters. The monoisotopic (exact) mass is 139 g/mol. The number of ether oxygens (including phenoxy) is 1. The van der Waals surface area contributed by atoms with Crippen LogP contribution in [-0.4, -0.2) is 24.5 Å². The number of Topliss-reactive ketones (excluding diaryl/α,β-unsaturated/α-hetero) is 1. The zero-order valence-corrected chi connectivity index (χ0v) is 5.54. The normalized spacial score (nSPS) is 31.6. The van der Waals surface area contributed by atoms with Gasteiger partial charge in [-0.2, -0.15) is 0 Å². The molecule has 0 bridgehead atoms. The van der Waals surface area contributed by atoms with E-state index in [1.165, 1.54) is 0 Å². The number of hydrogen-bond donors (Lipinski definition) is 1. The van der Waals surface area contributed by atoms with E-state index in [9.17, 15) is 4.79 Å². The van der Waals surface area contributed by atoms with E-state index in [-0.39, 0.29) is 11.8 Å². The Bertz CT molecular complexity index is 183. The molecule has 1 rings (SSSR count). The fraction of sp³-hybridized carbons (Fsp3) is 0.571. The molecule has 1 saturated heterocycles. The van der Waals surface area contributed by atoms with Crippen LogP contribution in [0.3, 0.4) is 0 Å². The highest BCUT2D eigenvalue weighted by Crippen LogP contribution is 2.11. The van der Waals surface area contributed by atoms with E-state index in [2.05, 4.69) is 0 Å². The van der Waals surface area contributed by atoms with Crippen LogP contribution in [0, 0.1) is 12.3 Å². The van der Waals surface area contributed by atoms with Crippen molar-refractivity contribution in [3.8, 4) is 12.3 Å². The van der Waals surface area contributed by atoms with Gasteiger partial charge in [0.15, 0.2) is 0 Å². The zero-order valence-electron chi connectivity index (χ0n) is 5.54. The number of carbonyl (C=O) groups is 1. The Morgan fingerprint density at radius 2 is 2.50 bits per heavy atom. The van der Waals surface area contributed by atoms with E-state index in [4.69, 9.17) is 16.9 Å². The van der Waals surface area contributed by atoms with Gasteiger partial charge in [0.25, 0.3) is 0 Å². The summed E-state index contributed by atoms with van der Waals surface area (Å²) in [5.74, 6) is 1.65. The third-order valence-corrected chi connectivity index (χ3v) is 1.54. The van der Waals surface area contributed by atoms with Crippen molar-refractivity contribution in [1.82, 2.24) is 0 Å². The van der Waals surface area contributed by atoms with Crippen molar-refractivity contribution >= 4 is 5.78 Å². The molecule has 3 heteroatoms. The highest BCUT2D eigenvalue weighted by molar-refractivity contribution is 5.99. The van der Waals surface area contributed by atoms with E-state index >= 15 is 0 Å². The summed E-state index contributed by atoms with van der Waals surface area (Å²) in [6.07, 6.45) is 5.05. The van der Waals surface area contributed by atoms with E-state index < -0.39 is 6.10 Å². The molecule has 2 unspecified atom stereocenters. The summed E-state index contributed by atoms with van der Waals surface area (Å²) >= 11 is 0. The second-order valence-corrected chi connectivity index (χ2v) is 2.25. The summed E-state index contributed by atoms with van der Waals surface area (Å²) in [6.45, 7) is 0.541. The maximum atomic E-state index is 10.8. The van der Waals surface area contributed by atoms with Crippen LogP contribution in [0.4, 0.5) is 0 Å². The maximum absolute atomic E-state index is 10.8. The van der Waals surface area contributed by atoms with Crippen molar-refractivity contribution in [2.24, 2.45) is 5.73 Å². The molecule has 0 aromatic rings. The Hall–Kier alpha value is -0.850. The van der Waals surface area contributed by atoms with Gasteiger partial charge >= 0.3 is 0 Å². The third-order valence-electron chi connectivity index (χ3n) is 1.54. The van der Waals surface area contributed by atoms with Gasteiger partial charge in [-0.15, -0.1) is 6.42 Å². The lowest BCUT2D eigenvalue weighted by Crippen LogP contribution is -2.35. The van der Waals surface area contributed by atoms with E-state index in [0.717, 1.165) is 6.42 Å². The summed E-state index contributed by atoms with van der Waals surface area (Å²) in [7, 11) is 0. The average Bonchev–Trinajstić information content (AvgIpc) is 2.34. The van der Waals surface area contributed by atoms with Gasteiger partial charge in [-0.05, 0) is 12.3 Å². The first-order chi connectivity index (χ1) is 4.75. The minimum Gasteiger partial charge on any atom is -0.368 e. The summed E-state index contributed by atoms with van der Waals surface area (Å²) in [5.41, 5.74) is 5.51. The van der Waals surface area contributed by atoms with Gasteiger partial charge in [-0.25, -0.2) is 0 Å². The predicted molar refractivity (Wildman–Crippen MR) is 36.2 cm³/mol. The van der Waals surface area contributed by atoms with Crippen molar-refractivity contribution < 1.29 is 9.53 Å². The molecule has 1 aliphatic heterocycles. The molecule has 0 spiro atoms. The van der Waals surface area contributed by atoms with Crippen molar-refractivity contribution in [2.45, 2.75) is 18.6 Å². The lowest BCUT2D eigenvalue weighted by atomic mass is 10.1. The maximum Gasteiger partial charge on any atom is 0.235 e. The van der Waals surface area contributed by atoms with E-state index in [0.29, 0.717) is 6.61 Å². The highest BCUT2D eigenvalue weighted by atomic mass is 16.5. The largest absolute Gasteiger partial charge is 0.368 e. The van der Waals surface area contributed by atoms with Gasteiger partial charge in [-0.3, -0.25) is 4.79 Å². The Kier molecular flexibility index (Phi) is 2.05. The minimum atomic E-state index is -0.551. The summed E-state index contributed by atoms with van der Waals surface area (Å²) in [5, 5.41) is 0. The second kappa shape index (κ2) is 2.82. The smallest absolute Gasteiger partial charge is 0.235 e. The molecule has 0 aliphatic carbocycles. The summed E-state index contributed by atoms with van der Waals surface area (Å²) in [4.78, 5) is 10.8. The summed E-state index contributed by atoms with van der Waals surface area (Å²) < 4.78 is 5.00. The first-order valence-electron chi connectivity index (χ1n) is 3.13. The van der Waals surface area contributed by atoms with Crippen LogP contribution in [0.5, 0.6) is 0 Å². The fourth-order valence-corrected chi connectivity index (χ4v) is 0.958. The number of carbonyl (C=O) groups excluding carboxylic acids is 1. The van der Waals surface area contributed by atoms with Gasteiger partial charge in [0.2, 0.25) is 5.78 Å². The van der Waals surface area contributed by atoms with Crippen LogP contribution in [0.2, 0.25) is 0 Å². The van der Waals surface area contributed by atoms with Crippen molar-refractivity contribution in [1.29, 1.82) is 0 Å². The lowest BCUT2D eigenvalue weighted by Gasteiger charge is -2.07. The van der Waals surface area contributed by atoms with Gasteiger partial charge in [-0.1, -0.05) is 0 Å². The standard InChI is InChI=1S/C7H9NO2/c1-2-6(9)7-5(8)3-4-10-7/h1,5,7H,3-4,8H2. The SMILES string of the molecule is C#CC(=O)C1OCCC1N. The molecule has 2 N–H and O–H groups in total. The molecule has 1 heterocycles. The molecule has 0 aromatic carbocycles. The second-order valence-electron chi connectivity index (χ2n) is 2.25. The molecule has 3 nitrogen and oxygen atoms in total. The molecular weight excluding hydrogens is 130 g/mol.